The molecule has 7 heteroatoms. The molecular formula is C18H33ClN4O2. The number of amides is 3. The van der Waals surface area contributed by atoms with E-state index in [1.54, 1.807) is 19.0 Å². The molecule has 1 aliphatic heterocycles. The fraction of sp³-hybridized carbons (Fsp3) is 0.889. The van der Waals surface area contributed by atoms with Gasteiger partial charge in [0.1, 0.15) is 0 Å². The number of likely N-dealkylation sites (tertiary alicyclic amines) is 1. The van der Waals surface area contributed by atoms with E-state index in [0.29, 0.717) is 37.0 Å². The summed E-state index contributed by atoms with van der Waals surface area (Å²) in [6.07, 6.45) is 7.32. The normalized spacial score (nSPS) is 32.5. The van der Waals surface area contributed by atoms with Crippen molar-refractivity contribution in [3.8, 4) is 0 Å². The first-order valence-electron chi connectivity index (χ1n) is 9.48. The summed E-state index contributed by atoms with van der Waals surface area (Å²) < 4.78 is 0. The molecule has 3 aliphatic rings. The van der Waals surface area contributed by atoms with Gasteiger partial charge in [-0.05, 0) is 50.4 Å². The Balaban J connectivity index is 0.00000225. The second-order valence-corrected chi connectivity index (χ2v) is 8.16. The molecule has 3 rings (SSSR count). The first-order chi connectivity index (χ1) is 11.5. The highest BCUT2D eigenvalue weighted by atomic mass is 35.5. The Morgan fingerprint density at radius 1 is 1.04 bits per heavy atom. The highest BCUT2D eigenvalue weighted by Gasteiger charge is 2.41. The number of nitrogens with two attached hydrogens (primary N) is 1. The van der Waals surface area contributed by atoms with Gasteiger partial charge in [0.2, 0.25) is 5.91 Å². The summed E-state index contributed by atoms with van der Waals surface area (Å²) in [5.74, 6) is 1.37. The lowest BCUT2D eigenvalue weighted by Gasteiger charge is -2.45. The largest absolute Gasteiger partial charge is 0.353 e. The maximum absolute atomic E-state index is 12.7. The van der Waals surface area contributed by atoms with E-state index >= 15 is 0 Å². The van der Waals surface area contributed by atoms with E-state index < -0.39 is 0 Å². The summed E-state index contributed by atoms with van der Waals surface area (Å²) in [6.45, 7) is 1.36. The molecule has 0 radical (unpaired) electrons. The van der Waals surface area contributed by atoms with Crippen LogP contribution in [0.3, 0.4) is 0 Å². The monoisotopic (exact) mass is 372 g/mol. The van der Waals surface area contributed by atoms with Crippen LogP contribution in [0.5, 0.6) is 0 Å². The molecule has 2 aliphatic carbocycles. The minimum Gasteiger partial charge on any atom is -0.353 e. The standard InChI is InChI=1S/C18H32N4O2.ClH/c1-21(2)18(24)22-8-6-12(7-9-22)17(23)20-16-13-4-3-5-14(16)11-15(19)10-13;/h12-16H,3-11,19H2,1-2H3,(H,20,23);1H. The Morgan fingerprint density at radius 2 is 1.60 bits per heavy atom. The number of hydrogen-bond acceptors (Lipinski definition) is 3. The van der Waals surface area contributed by atoms with Crippen LogP contribution in [0.2, 0.25) is 0 Å². The lowest BCUT2D eigenvalue weighted by atomic mass is 9.67. The van der Waals surface area contributed by atoms with E-state index in [1.807, 2.05) is 4.90 Å². The second-order valence-electron chi connectivity index (χ2n) is 8.16. The van der Waals surface area contributed by atoms with Crippen molar-refractivity contribution in [2.75, 3.05) is 27.2 Å². The molecule has 0 aromatic carbocycles. The quantitative estimate of drug-likeness (QED) is 0.776. The smallest absolute Gasteiger partial charge is 0.319 e. The third kappa shape index (κ3) is 4.59. The Kier molecular flexibility index (Phi) is 6.97. The molecule has 3 fully saturated rings. The maximum atomic E-state index is 12.7. The van der Waals surface area contributed by atoms with Gasteiger partial charge in [-0.15, -0.1) is 12.4 Å². The zero-order valence-corrected chi connectivity index (χ0v) is 16.3. The fourth-order valence-electron chi connectivity index (χ4n) is 4.92. The zero-order chi connectivity index (χ0) is 17.3. The molecule has 1 saturated heterocycles. The summed E-state index contributed by atoms with van der Waals surface area (Å²) in [7, 11) is 3.54. The average Bonchev–Trinajstić information content (AvgIpc) is 2.55. The molecule has 3 amide bonds. The van der Waals surface area contributed by atoms with Crippen LogP contribution in [0.25, 0.3) is 0 Å². The van der Waals surface area contributed by atoms with Crippen molar-refractivity contribution in [2.24, 2.45) is 23.5 Å². The van der Waals surface area contributed by atoms with Gasteiger partial charge in [-0.1, -0.05) is 6.42 Å². The van der Waals surface area contributed by atoms with Crippen LogP contribution < -0.4 is 11.1 Å². The van der Waals surface area contributed by atoms with Gasteiger partial charge in [-0.3, -0.25) is 4.79 Å². The molecule has 25 heavy (non-hydrogen) atoms. The number of rotatable bonds is 2. The predicted molar refractivity (Wildman–Crippen MR) is 101 cm³/mol. The van der Waals surface area contributed by atoms with E-state index in [0.717, 1.165) is 25.7 Å². The number of carbonyl (C=O) groups is 2. The molecule has 3 N–H and O–H groups in total. The fourth-order valence-corrected chi connectivity index (χ4v) is 4.92. The number of urea groups is 1. The van der Waals surface area contributed by atoms with E-state index in [-0.39, 0.29) is 30.3 Å². The molecule has 2 unspecified atom stereocenters. The van der Waals surface area contributed by atoms with Crippen molar-refractivity contribution < 1.29 is 9.59 Å². The van der Waals surface area contributed by atoms with Gasteiger partial charge in [0.05, 0.1) is 0 Å². The van der Waals surface area contributed by atoms with Gasteiger partial charge in [0.15, 0.2) is 0 Å². The zero-order valence-electron chi connectivity index (χ0n) is 15.4. The maximum Gasteiger partial charge on any atom is 0.319 e. The number of nitrogens with zero attached hydrogens (tertiary/aromatic N) is 2. The number of piperidine rings is 1. The highest BCUT2D eigenvalue weighted by molar-refractivity contribution is 5.85. The van der Waals surface area contributed by atoms with Crippen molar-refractivity contribution in [3.63, 3.8) is 0 Å². The number of hydrogen-bond donors (Lipinski definition) is 2. The van der Waals surface area contributed by atoms with E-state index in [2.05, 4.69) is 5.32 Å². The third-order valence-corrected chi connectivity index (χ3v) is 6.20. The second kappa shape index (κ2) is 8.58. The minimum atomic E-state index is 0. The first-order valence-corrected chi connectivity index (χ1v) is 9.48. The van der Waals surface area contributed by atoms with Gasteiger partial charge >= 0.3 is 6.03 Å². The summed E-state index contributed by atoms with van der Waals surface area (Å²) >= 11 is 0. The average molecular weight is 373 g/mol. The van der Waals surface area contributed by atoms with Gasteiger partial charge < -0.3 is 20.9 Å². The van der Waals surface area contributed by atoms with Crippen LogP contribution in [-0.4, -0.2) is 61.0 Å². The molecule has 144 valence electrons. The highest BCUT2D eigenvalue weighted by Crippen LogP contribution is 2.39. The van der Waals surface area contributed by atoms with Crippen LogP contribution in [0.15, 0.2) is 0 Å². The Morgan fingerprint density at radius 3 is 2.12 bits per heavy atom. The van der Waals surface area contributed by atoms with Gasteiger partial charge in [0.25, 0.3) is 0 Å². The molecule has 2 bridgehead atoms. The number of halogens is 1. The molecule has 2 saturated carbocycles. The summed E-state index contributed by atoms with van der Waals surface area (Å²) in [5, 5.41) is 3.37. The lowest BCUT2D eigenvalue weighted by Crippen LogP contribution is -2.55. The van der Waals surface area contributed by atoms with Gasteiger partial charge in [-0.2, -0.15) is 0 Å². The SMILES string of the molecule is CN(C)C(=O)N1CCC(C(=O)NC2C3CCCC2CC(N)C3)CC1.Cl. The first kappa shape index (κ1) is 20.3. The van der Waals surface area contributed by atoms with Crippen molar-refractivity contribution in [1.29, 1.82) is 0 Å². The molecule has 0 aromatic heterocycles. The number of nitrogens with one attached hydrogen (secondary N) is 1. The molecular weight excluding hydrogens is 340 g/mol. The molecule has 6 nitrogen and oxygen atoms in total. The van der Waals surface area contributed by atoms with Crippen LogP contribution in [0, 0.1) is 17.8 Å². The summed E-state index contributed by atoms with van der Waals surface area (Å²) in [5.41, 5.74) is 6.17. The topological polar surface area (TPSA) is 78.7 Å². The minimum absolute atomic E-state index is 0. The van der Waals surface area contributed by atoms with Crippen LogP contribution in [0.1, 0.15) is 44.9 Å². The lowest BCUT2D eigenvalue weighted by molar-refractivity contribution is -0.128. The van der Waals surface area contributed by atoms with Crippen LogP contribution in [-0.2, 0) is 4.79 Å². The Bertz CT molecular complexity index is 466. The van der Waals surface area contributed by atoms with Crippen molar-refractivity contribution in [1.82, 2.24) is 15.1 Å². The van der Waals surface area contributed by atoms with Crippen molar-refractivity contribution in [3.05, 3.63) is 0 Å². The Hall–Kier alpha value is -1.01. The van der Waals surface area contributed by atoms with Crippen LogP contribution >= 0.6 is 12.4 Å². The van der Waals surface area contributed by atoms with Crippen molar-refractivity contribution in [2.45, 2.75) is 57.0 Å². The molecule has 2 atom stereocenters. The van der Waals surface area contributed by atoms with Crippen molar-refractivity contribution >= 4 is 24.3 Å². The van der Waals surface area contributed by atoms with Crippen LogP contribution in [0.4, 0.5) is 4.79 Å². The summed E-state index contributed by atoms with van der Waals surface area (Å²) in [4.78, 5) is 28.2. The summed E-state index contributed by atoms with van der Waals surface area (Å²) in [6, 6.07) is 0.686. The Labute approximate surface area is 157 Å². The van der Waals surface area contributed by atoms with Gasteiger partial charge in [0, 0.05) is 45.2 Å². The number of carbonyl (C=O) groups excluding carboxylic acids is 2. The van der Waals surface area contributed by atoms with Gasteiger partial charge in [-0.25, -0.2) is 4.79 Å². The van der Waals surface area contributed by atoms with E-state index in [4.69, 9.17) is 5.73 Å². The predicted octanol–water partition coefficient (Wildman–Crippen LogP) is 1.82. The molecule has 0 aromatic rings. The number of fused-ring (bicyclic) bond motifs is 2. The molecule has 1 heterocycles. The third-order valence-electron chi connectivity index (χ3n) is 6.20. The van der Waals surface area contributed by atoms with E-state index in [1.165, 1.54) is 19.3 Å². The molecule has 0 spiro atoms. The van der Waals surface area contributed by atoms with E-state index in [9.17, 15) is 9.59 Å².